The Morgan fingerprint density at radius 2 is 2.47 bits per heavy atom. The van der Waals surface area contributed by atoms with Gasteiger partial charge in [-0.15, -0.1) is 0 Å². The van der Waals surface area contributed by atoms with Gasteiger partial charge in [0.2, 0.25) is 0 Å². The number of anilines is 2. The normalized spacial score (nSPS) is 12.4. The van der Waals surface area contributed by atoms with E-state index < -0.39 is 0 Å². The lowest BCUT2D eigenvalue weighted by Gasteiger charge is -2.18. The van der Waals surface area contributed by atoms with Crippen molar-refractivity contribution in [2.45, 2.75) is 12.5 Å². The minimum atomic E-state index is 0.0252. The van der Waals surface area contributed by atoms with E-state index in [-0.39, 0.29) is 12.6 Å². The fourth-order valence-electron chi connectivity index (χ4n) is 1.29. The number of nitrogens with zero attached hydrogens (tertiary/aromatic N) is 1. The Morgan fingerprint density at radius 1 is 1.67 bits per heavy atom. The number of methoxy groups -OCH3 is 1. The van der Waals surface area contributed by atoms with Crippen LogP contribution in [0.25, 0.3) is 0 Å². The average molecular weight is 211 g/mol. The maximum atomic E-state index is 8.86. The Kier molecular flexibility index (Phi) is 4.86. The number of hydrogen-bond acceptors (Lipinski definition) is 5. The predicted octanol–water partition coefficient (Wildman–Crippen LogP) is 0.473. The van der Waals surface area contributed by atoms with Crippen LogP contribution in [0.5, 0.6) is 0 Å². The second-order valence-corrected chi connectivity index (χ2v) is 3.25. The van der Waals surface area contributed by atoms with E-state index in [9.17, 15) is 0 Å². The second-order valence-electron chi connectivity index (χ2n) is 3.25. The van der Waals surface area contributed by atoms with E-state index in [2.05, 4.69) is 10.3 Å². The third kappa shape index (κ3) is 3.73. The summed E-state index contributed by atoms with van der Waals surface area (Å²) >= 11 is 0. The lowest BCUT2D eigenvalue weighted by Crippen LogP contribution is -2.27. The first-order chi connectivity index (χ1) is 7.27. The number of nitrogen functional groups attached to an aromatic ring is 1. The molecule has 0 saturated heterocycles. The summed E-state index contributed by atoms with van der Waals surface area (Å²) < 4.78 is 5.03. The van der Waals surface area contributed by atoms with E-state index in [4.69, 9.17) is 15.6 Å². The smallest absolute Gasteiger partial charge is 0.149 e. The number of aromatic nitrogens is 1. The van der Waals surface area contributed by atoms with Crippen molar-refractivity contribution < 1.29 is 9.84 Å². The molecule has 0 amide bonds. The largest absolute Gasteiger partial charge is 0.396 e. The summed E-state index contributed by atoms with van der Waals surface area (Å²) in [5, 5.41) is 12.0. The quantitative estimate of drug-likeness (QED) is 0.637. The van der Waals surface area contributed by atoms with Crippen molar-refractivity contribution in [3.05, 3.63) is 18.3 Å². The summed E-state index contributed by atoms with van der Waals surface area (Å²) in [7, 11) is 1.62. The van der Waals surface area contributed by atoms with Crippen molar-refractivity contribution in [3.8, 4) is 0 Å². The van der Waals surface area contributed by atoms with Gasteiger partial charge in [-0.1, -0.05) is 0 Å². The highest BCUT2D eigenvalue weighted by Crippen LogP contribution is 2.15. The van der Waals surface area contributed by atoms with Gasteiger partial charge in [0.15, 0.2) is 0 Å². The Morgan fingerprint density at radius 3 is 3.07 bits per heavy atom. The number of aliphatic hydroxyl groups excluding tert-OH is 1. The van der Waals surface area contributed by atoms with Gasteiger partial charge in [0.25, 0.3) is 0 Å². The number of rotatable bonds is 6. The summed E-state index contributed by atoms with van der Waals surface area (Å²) in [5.41, 5.74) is 6.33. The van der Waals surface area contributed by atoms with E-state index >= 15 is 0 Å². The zero-order valence-corrected chi connectivity index (χ0v) is 8.81. The standard InChI is InChI=1S/C10H17N3O2/c1-15-7-8(4-6-14)13-10-9(11)3-2-5-12-10/h2-3,5,8,14H,4,6-7,11H2,1H3,(H,12,13). The van der Waals surface area contributed by atoms with Gasteiger partial charge in [0, 0.05) is 19.9 Å². The molecule has 0 spiro atoms. The van der Waals surface area contributed by atoms with Crippen molar-refractivity contribution in [1.29, 1.82) is 0 Å². The highest BCUT2D eigenvalue weighted by atomic mass is 16.5. The van der Waals surface area contributed by atoms with Gasteiger partial charge in [0.05, 0.1) is 18.3 Å². The van der Waals surface area contributed by atoms with Crippen LogP contribution >= 0.6 is 0 Å². The molecule has 4 N–H and O–H groups in total. The molecule has 1 unspecified atom stereocenters. The lowest BCUT2D eigenvalue weighted by atomic mass is 10.2. The second kappa shape index (κ2) is 6.21. The molecule has 0 bridgehead atoms. The maximum Gasteiger partial charge on any atom is 0.149 e. The third-order valence-electron chi connectivity index (χ3n) is 2.03. The molecule has 1 aromatic heterocycles. The van der Waals surface area contributed by atoms with Crippen LogP contribution in [0.1, 0.15) is 6.42 Å². The molecule has 1 atom stereocenters. The van der Waals surface area contributed by atoms with Crippen LogP contribution in [0, 0.1) is 0 Å². The van der Waals surface area contributed by atoms with Gasteiger partial charge in [-0.3, -0.25) is 0 Å². The van der Waals surface area contributed by atoms with E-state index in [0.717, 1.165) is 0 Å². The van der Waals surface area contributed by atoms with E-state index in [0.29, 0.717) is 24.5 Å². The Bertz CT molecular complexity index is 288. The molecule has 0 saturated carbocycles. The van der Waals surface area contributed by atoms with Crippen LogP contribution in [0.4, 0.5) is 11.5 Å². The Balaban J connectivity index is 2.60. The topological polar surface area (TPSA) is 80.4 Å². The first-order valence-electron chi connectivity index (χ1n) is 4.84. The van der Waals surface area contributed by atoms with Gasteiger partial charge in [-0.05, 0) is 18.6 Å². The summed E-state index contributed by atoms with van der Waals surface area (Å²) in [4.78, 5) is 4.11. The van der Waals surface area contributed by atoms with Crippen LogP contribution < -0.4 is 11.1 Å². The molecule has 1 heterocycles. The molecule has 5 heteroatoms. The fraction of sp³-hybridized carbons (Fsp3) is 0.500. The molecule has 0 aliphatic heterocycles. The highest BCUT2D eigenvalue weighted by molar-refractivity contribution is 5.60. The summed E-state index contributed by atoms with van der Waals surface area (Å²) in [6.07, 6.45) is 2.27. The van der Waals surface area contributed by atoms with Gasteiger partial charge >= 0.3 is 0 Å². The van der Waals surface area contributed by atoms with Crippen molar-refractivity contribution >= 4 is 11.5 Å². The molecule has 84 valence electrons. The number of aliphatic hydroxyl groups is 1. The minimum absolute atomic E-state index is 0.0252. The van der Waals surface area contributed by atoms with E-state index in [1.165, 1.54) is 0 Å². The van der Waals surface area contributed by atoms with Crippen LogP contribution in [0.15, 0.2) is 18.3 Å². The number of nitrogens with one attached hydrogen (secondary N) is 1. The molecule has 5 nitrogen and oxygen atoms in total. The van der Waals surface area contributed by atoms with Crippen LogP contribution in [-0.2, 0) is 4.74 Å². The van der Waals surface area contributed by atoms with Crippen molar-refractivity contribution in [2.24, 2.45) is 0 Å². The average Bonchev–Trinajstić information content (AvgIpc) is 2.22. The number of nitrogens with two attached hydrogens (primary N) is 1. The zero-order valence-electron chi connectivity index (χ0n) is 8.81. The molecule has 1 rings (SSSR count). The van der Waals surface area contributed by atoms with Crippen molar-refractivity contribution in [3.63, 3.8) is 0 Å². The van der Waals surface area contributed by atoms with Crippen LogP contribution in [0.2, 0.25) is 0 Å². The number of hydrogen-bond donors (Lipinski definition) is 3. The van der Waals surface area contributed by atoms with E-state index in [1.807, 2.05) is 0 Å². The molecule has 0 aromatic carbocycles. The van der Waals surface area contributed by atoms with Crippen LogP contribution in [0.3, 0.4) is 0 Å². The summed E-state index contributed by atoms with van der Waals surface area (Å²) in [6, 6.07) is 3.58. The number of pyridine rings is 1. The molecular formula is C10H17N3O2. The highest BCUT2D eigenvalue weighted by Gasteiger charge is 2.09. The van der Waals surface area contributed by atoms with E-state index in [1.54, 1.807) is 25.4 Å². The lowest BCUT2D eigenvalue weighted by molar-refractivity contribution is 0.170. The van der Waals surface area contributed by atoms with Gasteiger partial charge in [-0.2, -0.15) is 0 Å². The third-order valence-corrected chi connectivity index (χ3v) is 2.03. The first kappa shape index (κ1) is 11.7. The minimum Gasteiger partial charge on any atom is -0.396 e. The van der Waals surface area contributed by atoms with Gasteiger partial charge < -0.3 is 20.9 Å². The summed E-state index contributed by atoms with van der Waals surface area (Å²) in [6.45, 7) is 0.615. The summed E-state index contributed by atoms with van der Waals surface area (Å²) in [5.74, 6) is 0.632. The SMILES string of the molecule is COCC(CCO)Nc1ncccc1N. The molecule has 0 aliphatic rings. The molecule has 15 heavy (non-hydrogen) atoms. The maximum absolute atomic E-state index is 8.86. The fourth-order valence-corrected chi connectivity index (χ4v) is 1.29. The number of ether oxygens (including phenoxy) is 1. The molecule has 0 aliphatic carbocycles. The molecule has 1 aromatic rings. The van der Waals surface area contributed by atoms with Crippen LogP contribution in [-0.4, -0.2) is 36.5 Å². The van der Waals surface area contributed by atoms with Crippen molar-refractivity contribution in [1.82, 2.24) is 4.98 Å². The molecular weight excluding hydrogens is 194 g/mol. The Labute approximate surface area is 89.3 Å². The van der Waals surface area contributed by atoms with Crippen molar-refractivity contribution in [2.75, 3.05) is 31.4 Å². The Hall–Kier alpha value is -1.33. The monoisotopic (exact) mass is 211 g/mol. The van der Waals surface area contributed by atoms with Gasteiger partial charge in [0.1, 0.15) is 5.82 Å². The first-order valence-corrected chi connectivity index (χ1v) is 4.84. The van der Waals surface area contributed by atoms with Gasteiger partial charge in [-0.25, -0.2) is 4.98 Å². The zero-order chi connectivity index (χ0) is 11.1. The molecule has 0 fully saturated rings. The molecule has 0 radical (unpaired) electrons. The predicted molar refractivity (Wildman–Crippen MR) is 59.6 cm³/mol.